The van der Waals surface area contributed by atoms with Gasteiger partial charge in [-0.05, 0) is 17.7 Å². The third-order valence-corrected chi connectivity index (χ3v) is 3.33. The van der Waals surface area contributed by atoms with Gasteiger partial charge in [-0.1, -0.05) is 41.9 Å². The number of aromatic hydroxyl groups is 1. The van der Waals surface area contributed by atoms with Crippen molar-refractivity contribution in [3.8, 4) is 5.75 Å². The maximum atomic E-state index is 12.8. The minimum Gasteiger partial charge on any atom is -0.506 e. The Balaban J connectivity index is 2.06. The second-order valence-corrected chi connectivity index (χ2v) is 4.91. The number of para-hydroxylation sites is 1. The lowest BCUT2D eigenvalue weighted by Gasteiger charge is -2.13. The third-order valence-electron chi connectivity index (χ3n) is 3.02. The number of phenols is 1. The van der Waals surface area contributed by atoms with E-state index in [9.17, 15) is 18.3 Å². The first-order chi connectivity index (χ1) is 9.89. The molecular weight excluding hydrogens is 303 g/mol. The maximum Gasteiger partial charge on any atom is 0.416 e. The van der Waals surface area contributed by atoms with Gasteiger partial charge in [-0.2, -0.15) is 13.2 Å². The molecule has 21 heavy (non-hydrogen) atoms. The summed E-state index contributed by atoms with van der Waals surface area (Å²) in [4.78, 5) is 0. The predicted molar refractivity (Wildman–Crippen MR) is 75.1 cm³/mol. The first-order valence-corrected chi connectivity index (χ1v) is 6.59. The average molecular weight is 316 g/mol. The SMILES string of the molecule is Oc1c(Cl)cccc1CNCc1ccccc1C(F)(F)F. The van der Waals surface area contributed by atoms with Crippen LogP contribution in [0.1, 0.15) is 16.7 Å². The van der Waals surface area contributed by atoms with Gasteiger partial charge < -0.3 is 10.4 Å². The Kier molecular flexibility index (Phi) is 4.75. The molecule has 0 aliphatic heterocycles. The van der Waals surface area contributed by atoms with Crippen LogP contribution in [0.4, 0.5) is 13.2 Å². The molecule has 2 N–H and O–H groups in total. The molecule has 0 saturated heterocycles. The Bertz CT molecular complexity index is 629. The molecule has 0 aliphatic rings. The van der Waals surface area contributed by atoms with Gasteiger partial charge >= 0.3 is 6.18 Å². The molecule has 0 heterocycles. The molecule has 0 unspecified atom stereocenters. The minimum absolute atomic E-state index is 0.0433. The monoisotopic (exact) mass is 315 g/mol. The molecule has 112 valence electrons. The van der Waals surface area contributed by atoms with Gasteiger partial charge in [-0.15, -0.1) is 0 Å². The van der Waals surface area contributed by atoms with E-state index >= 15 is 0 Å². The molecule has 0 spiro atoms. The van der Waals surface area contributed by atoms with E-state index < -0.39 is 11.7 Å². The zero-order valence-corrected chi connectivity index (χ0v) is 11.7. The smallest absolute Gasteiger partial charge is 0.416 e. The van der Waals surface area contributed by atoms with Crippen LogP contribution in [-0.4, -0.2) is 5.11 Å². The van der Waals surface area contributed by atoms with Crippen molar-refractivity contribution in [3.63, 3.8) is 0 Å². The van der Waals surface area contributed by atoms with E-state index in [4.69, 9.17) is 11.6 Å². The maximum absolute atomic E-state index is 12.8. The number of halogens is 4. The summed E-state index contributed by atoms with van der Waals surface area (Å²) in [6, 6.07) is 10.3. The molecule has 2 nitrogen and oxygen atoms in total. The number of phenolic OH excluding ortho intramolecular Hbond substituents is 1. The fourth-order valence-electron chi connectivity index (χ4n) is 1.99. The number of rotatable bonds is 4. The van der Waals surface area contributed by atoms with E-state index in [1.807, 2.05) is 0 Å². The summed E-state index contributed by atoms with van der Waals surface area (Å²) in [6.07, 6.45) is -4.38. The number of hydrogen-bond acceptors (Lipinski definition) is 2. The second kappa shape index (κ2) is 6.37. The van der Waals surface area contributed by atoms with Gasteiger partial charge in [0.2, 0.25) is 0 Å². The molecule has 2 rings (SSSR count). The van der Waals surface area contributed by atoms with Crippen LogP contribution >= 0.6 is 11.6 Å². The average Bonchev–Trinajstić information content (AvgIpc) is 2.43. The molecule has 0 atom stereocenters. The van der Waals surface area contributed by atoms with E-state index in [-0.39, 0.29) is 29.4 Å². The lowest BCUT2D eigenvalue weighted by atomic mass is 10.1. The highest BCUT2D eigenvalue weighted by Gasteiger charge is 2.32. The minimum atomic E-state index is -4.38. The third kappa shape index (κ3) is 3.89. The van der Waals surface area contributed by atoms with Crippen LogP contribution in [0.15, 0.2) is 42.5 Å². The highest BCUT2D eigenvalue weighted by Crippen LogP contribution is 2.32. The van der Waals surface area contributed by atoms with Crippen molar-refractivity contribution in [2.24, 2.45) is 0 Å². The topological polar surface area (TPSA) is 32.3 Å². The molecule has 0 radical (unpaired) electrons. The molecule has 0 aromatic heterocycles. The zero-order chi connectivity index (χ0) is 15.5. The van der Waals surface area contributed by atoms with Crippen LogP contribution in [0, 0.1) is 0 Å². The number of benzene rings is 2. The largest absolute Gasteiger partial charge is 0.506 e. The van der Waals surface area contributed by atoms with Crippen molar-refractivity contribution in [1.82, 2.24) is 5.32 Å². The predicted octanol–water partition coefficient (Wildman–Crippen LogP) is 4.35. The summed E-state index contributed by atoms with van der Waals surface area (Å²) in [5.74, 6) is -0.0595. The highest BCUT2D eigenvalue weighted by molar-refractivity contribution is 6.32. The van der Waals surface area contributed by atoms with Crippen molar-refractivity contribution < 1.29 is 18.3 Å². The number of alkyl halides is 3. The summed E-state index contributed by atoms with van der Waals surface area (Å²) in [5, 5.41) is 12.8. The standard InChI is InChI=1S/C15H13ClF3NO/c16-13-7-3-5-11(14(13)21)9-20-8-10-4-1-2-6-12(10)15(17,18)19/h1-7,20-21H,8-9H2. The van der Waals surface area contributed by atoms with Crippen molar-refractivity contribution in [2.45, 2.75) is 19.3 Å². The second-order valence-electron chi connectivity index (χ2n) is 4.51. The fraction of sp³-hybridized carbons (Fsp3) is 0.200. The van der Waals surface area contributed by atoms with E-state index in [2.05, 4.69) is 5.32 Å². The first-order valence-electron chi connectivity index (χ1n) is 6.22. The van der Waals surface area contributed by atoms with Gasteiger partial charge in [0, 0.05) is 18.7 Å². The summed E-state index contributed by atoms with van der Waals surface area (Å²) >= 11 is 5.77. The van der Waals surface area contributed by atoms with E-state index in [1.165, 1.54) is 12.1 Å². The van der Waals surface area contributed by atoms with Gasteiger partial charge in [-0.3, -0.25) is 0 Å². The van der Waals surface area contributed by atoms with Gasteiger partial charge in [0.25, 0.3) is 0 Å². The van der Waals surface area contributed by atoms with Crippen LogP contribution in [0.2, 0.25) is 5.02 Å². The molecule has 0 amide bonds. The molecule has 0 fully saturated rings. The Morgan fingerprint density at radius 3 is 2.29 bits per heavy atom. The van der Waals surface area contributed by atoms with Gasteiger partial charge in [0.05, 0.1) is 10.6 Å². The quantitative estimate of drug-likeness (QED) is 0.879. The Morgan fingerprint density at radius 2 is 1.57 bits per heavy atom. The molecule has 0 saturated carbocycles. The van der Waals surface area contributed by atoms with Crippen LogP contribution in [-0.2, 0) is 19.3 Å². The van der Waals surface area contributed by atoms with E-state index in [0.717, 1.165) is 6.07 Å². The van der Waals surface area contributed by atoms with Crippen molar-refractivity contribution in [2.75, 3.05) is 0 Å². The van der Waals surface area contributed by atoms with Crippen LogP contribution in [0.25, 0.3) is 0 Å². The Morgan fingerprint density at radius 1 is 0.952 bits per heavy atom. The lowest BCUT2D eigenvalue weighted by molar-refractivity contribution is -0.138. The molecule has 2 aromatic rings. The van der Waals surface area contributed by atoms with Crippen molar-refractivity contribution in [1.29, 1.82) is 0 Å². The zero-order valence-electron chi connectivity index (χ0n) is 10.9. The van der Waals surface area contributed by atoms with Gasteiger partial charge in [0.15, 0.2) is 0 Å². The number of hydrogen-bond donors (Lipinski definition) is 2. The Labute approximate surface area is 125 Å². The fourth-order valence-corrected chi connectivity index (χ4v) is 2.18. The van der Waals surface area contributed by atoms with Crippen LogP contribution < -0.4 is 5.32 Å². The van der Waals surface area contributed by atoms with Crippen LogP contribution in [0.3, 0.4) is 0 Å². The summed E-state index contributed by atoms with van der Waals surface area (Å²) in [6.45, 7) is 0.264. The van der Waals surface area contributed by atoms with E-state index in [1.54, 1.807) is 24.3 Å². The van der Waals surface area contributed by atoms with E-state index in [0.29, 0.717) is 5.56 Å². The molecule has 0 aliphatic carbocycles. The molecule has 2 aromatic carbocycles. The Hall–Kier alpha value is -1.72. The van der Waals surface area contributed by atoms with Gasteiger partial charge in [-0.25, -0.2) is 0 Å². The highest BCUT2D eigenvalue weighted by atomic mass is 35.5. The summed E-state index contributed by atoms with van der Waals surface area (Å²) in [5.41, 5.74) is 0.0336. The van der Waals surface area contributed by atoms with Crippen LogP contribution in [0.5, 0.6) is 5.75 Å². The van der Waals surface area contributed by atoms with Crippen molar-refractivity contribution in [3.05, 3.63) is 64.2 Å². The number of nitrogens with one attached hydrogen (secondary N) is 1. The first kappa shape index (κ1) is 15.7. The van der Waals surface area contributed by atoms with Crippen molar-refractivity contribution >= 4 is 11.6 Å². The molecule has 0 bridgehead atoms. The summed E-state index contributed by atoms with van der Waals surface area (Å²) < 4.78 is 38.5. The summed E-state index contributed by atoms with van der Waals surface area (Å²) in [7, 11) is 0. The lowest BCUT2D eigenvalue weighted by Crippen LogP contribution is -2.17. The van der Waals surface area contributed by atoms with Gasteiger partial charge in [0.1, 0.15) is 5.75 Å². The molecular formula is C15H13ClF3NO. The normalized spacial score (nSPS) is 11.6. The molecule has 6 heteroatoms.